The first-order valence-corrected chi connectivity index (χ1v) is 13.2. The number of aliphatic hydroxyl groups excluding tert-OH is 1. The molecule has 12 nitrogen and oxygen atoms in total. The molecular weight excluding hydrogens is 472 g/mol. The minimum Gasteiger partial charge on any atom is -0.481 e. The second-order valence-corrected chi connectivity index (χ2v) is 11.1. The number of aliphatic hydroxyl groups is 1. The summed E-state index contributed by atoms with van der Waals surface area (Å²) in [7, 11) is -1.99. The van der Waals surface area contributed by atoms with Gasteiger partial charge in [-0.3, -0.25) is 5.10 Å². The first kappa shape index (κ1) is 23.8. The molecule has 3 atom stereocenters. The van der Waals surface area contributed by atoms with E-state index in [1.807, 2.05) is 0 Å². The summed E-state index contributed by atoms with van der Waals surface area (Å²) in [5.41, 5.74) is 0.577. The standard InChI is InChI=1S/C22H30N8O4S/c1-3-14-11-29(12-14)35(32,33)30-17-5-4-6-18(30)8-15(7-17)23-22-25-19(10-21(26-22)34-2)24-20-9-16(13-31)27-28-20/h1,9-10,14-15,17-18,31H,4-8,11-13H2,2H3,(H3,23,24,25,26,27,28)/t15?,17-,18+. The average Bonchev–Trinajstić information content (AvgIpc) is 3.25. The second kappa shape index (κ2) is 9.62. The summed E-state index contributed by atoms with van der Waals surface area (Å²) in [6.07, 6.45) is 9.47. The first-order chi connectivity index (χ1) is 16.9. The van der Waals surface area contributed by atoms with E-state index in [0.29, 0.717) is 55.1 Å². The van der Waals surface area contributed by atoms with Crippen LogP contribution in [-0.4, -0.2) is 80.6 Å². The summed E-state index contributed by atoms with van der Waals surface area (Å²) < 4.78 is 35.2. The van der Waals surface area contributed by atoms with E-state index < -0.39 is 10.2 Å². The molecule has 5 rings (SSSR count). The SMILES string of the molecule is C#CC1CN(S(=O)(=O)N2[C@@H]3CCC[C@H]2CC(Nc2nc(Nc4cc(CO)[nH]n4)cc(OC)n2)C3)C1. The highest BCUT2D eigenvalue weighted by Gasteiger charge is 2.49. The number of nitrogens with zero attached hydrogens (tertiary/aromatic N) is 5. The highest BCUT2D eigenvalue weighted by atomic mass is 32.2. The van der Waals surface area contributed by atoms with Gasteiger partial charge in [-0.15, -0.1) is 12.3 Å². The van der Waals surface area contributed by atoms with E-state index in [1.54, 1.807) is 16.4 Å². The van der Waals surface area contributed by atoms with Crippen molar-refractivity contribution in [3.63, 3.8) is 0 Å². The van der Waals surface area contributed by atoms with E-state index >= 15 is 0 Å². The number of aromatic amines is 1. The van der Waals surface area contributed by atoms with Crippen molar-refractivity contribution in [2.75, 3.05) is 30.8 Å². The fraction of sp³-hybridized carbons (Fsp3) is 0.591. The van der Waals surface area contributed by atoms with Gasteiger partial charge in [-0.2, -0.15) is 32.1 Å². The number of hydrogen-bond acceptors (Lipinski definition) is 9. The Hall–Kier alpha value is -2.92. The van der Waals surface area contributed by atoms with Gasteiger partial charge in [0.15, 0.2) is 5.82 Å². The number of methoxy groups -OCH3 is 1. The summed E-state index contributed by atoms with van der Waals surface area (Å²) in [4.78, 5) is 8.97. The molecular formula is C22H30N8O4S. The van der Waals surface area contributed by atoms with E-state index in [1.165, 1.54) is 11.4 Å². The monoisotopic (exact) mass is 502 g/mol. The zero-order valence-corrected chi connectivity index (χ0v) is 20.3. The van der Waals surface area contributed by atoms with Gasteiger partial charge < -0.3 is 20.5 Å². The largest absolute Gasteiger partial charge is 0.481 e. The van der Waals surface area contributed by atoms with Crippen LogP contribution in [0.4, 0.5) is 17.6 Å². The maximum absolute atomic E-state index is 13.3. The molecule has 3 aliphatic rings. The van der Waals surface area contributed by atoms with Crippen molar-refractivity contribution < 1.29 is 18.3 Å². The van der Waals surface area contributed by atoms with Crippen LogP contribution in [0.15, 0.2) is 12.1 Å². The lowest BCUT2D eigenvalue weighted by molar-refractivity contribution is 0.0985. The van der Waals surface area contributed by atoms with Gasteiger partial charge in [0.25, 0.3) is 10.2 Å². The zero-order valence-electron chi connectivity index (χ0n) is 19.5. The van der Waals surface area contributed by atoms with Crippen LogP contribution in [-0.2, 0) is 16.8 Å². The lowest BCUT2D eigenvalue weighted by atomic mass is 9.84. The number of rotatable bonds is 8. The predicted octanol–water partition coefficient (Wildman–Crippen LogP) is 1.05. The Morgan fingerprint density at radius 1 is 1.23 bits per heavy atom. The second-order valence-electron chi connectivity index (χ2n) is 9.25. The minimum atomic E-state index is -3.52. The molecule has 3 saturated heterocycles. The van der Waals surface area contributed by atoms with Crippen LogP contribution in [0.2, 0.25) is 0 Å². The van der Waals surface area contributed by atoms with Gasteiger partial charge in [0.05, 0.1) is 19.4 Å². The fourth-order valence-electron chi connectivity index (χ4n) is 5.18. The molecule has 188 valence electrons. The fourth-order valence-corrected chi connectivity index (χ4v) is 7.32. The summed E-state index contributed by atoms with van der Waals surface area (Å²) in [6.45, 7) is 0.660. The summed E-state index contributed by atoms with van der Waals surface area (Å²) in [5.74, 6) is 4.41. The van der Waals surface area contributed by atoms with E-state index in [-0.39, 0.29) is 30.7 Å². The smallest absolute Gasteiger partial charge is 0.282 e. The molecule has 5 heterocycles. The van der Waals surface area contributed by atoms with Gasteiger partial charge in [0, 0.05) is 49.3 Å². The maximum Gasteiger partial charge on any atom is 0.282 e. The van der Waals surface area contributed by atoms with Gasteiger partial charge in [-0.05, 0) is 25.7 Å². The maximum atomic E-state index is 13.3. The number of hydrogen-bond donors (Lipinski definition) is 4. The van der Waals surface area contributed by atoms with Gasteiger partial charge in [0.1, 0.15) is 5.82 Å². The Morgan fingerprint density at radius 2 is 1.97 bits per heavy atom. The van der Waals surface area contributed by atoms with Gasteiger partial charge in [-0.25, -0.2) is 0 Å². The predicted molar refractivity (Wildman–Crippen MR) is 129 cm³/mol. The lowest BCUT2D eigenvalue weighted by Gasteiger charge is -2.50. The quantitative estimate of drug-likeness (QED) is 0.389. The van der Waals surface area contributed by atoms with E-state index in [9.17, 15) is 13.5 Å². The van der Waals surface area contributed by atoms with E-state index in [2.05, 4.69) is 36.7 Å². The molecule has 3 fully saturated rings. The number of terminal acetylenes is 1. The lowest BCUT2D eigenvalue weighted by Crippen LogP contribution is -2.63. The molecule has 13 heteroatoms. The average molecular weight is 503 g/mol. The van der Waals surface area contributed by atoms with Crippen molar-refractivity contribution >= 4 is 27.8 Å². The summed E-state index contributed by atoms with van der Waals surface area (Å²) >= 11 is 0. The Morgan fingerprint density at radius 3 is 2.60 bits per heavy atom. The van der Waals surface area contributed by atoms with Crippen LogP contribution >= 0.6 is 0 Å². The Kier molecular flexibility index (Phi) is 6.54. The normalized spacial score (nSPS) is 25.5. The third-order valence-corrected chi connectivity index (χ3v) is 8.97. The highest BCUT2D eigenvalue weighted by molar-refractivity contribution is 7.86. The number of ether oxygens (including phenoxy) is 1. The van der Waals surface area contributed by atoms with Crippen LogP contribution in [0.3, 0.4) is 0 Å². The summed E-state index contributed by atoms with van der Waals surface area (Å²) in [6, 6.07) is 3.22. The van der Waals surface area contributed by atoms with Gasteiger partial charge in [0.2, 0.25) is 11.8 Å². The summed E-state index contributed by atoms with van der Waals surface area (Å²) in [5, 5.41) is 22.5. The molecule has 0 radical (unpaired) electrons. The Bertz CT molecular complexity index is 1190. The molecule has 2 aromatic rings. The van der Waals surface area contributed by atoms with Crippen molar-refractivity contribution in [1.29, 1.82) is 0 Å². The first-order valence-electron chi connectivity index (χ1n) is 11.8. The number of fused-ring (bicyclic) bond motifs is 2. The van der Waals surface area contributed by atoms with Crippen molar-refractivity contribution in [2.45, 2.75) is 56.8 Å². The van der Waals surface area contributed by atoms with Crippen molar-refractivity contribution in [3.8, 4) is 18.2 Å². The van der Waals surface area contributed by atoms with E-state index in [4.69, 9.17) is 11.2 Å². The molecule has 0 aromatic carbocycles. The topological polar surface area (TPSA) is 149 Å². The minimum absolute atomic E-state index is 0.00790. The molecule has 0 aliphatic carbocycles. The van der Waals surface area contributed by atoms with Crippen LogP contribution < -0.4 is 15.4 Å². The Balaban J connectivity index is 1.29. The number of anilines is 3. The molecule has 0 spiro atoms. The molecule has 2 bridgehead atoms. The molecule has 2 aromatic heterocycles. The molecule has 1 unspecified atom stereocenters. The Labute approximate surface area is 204 Å². The number of piperidine rings is 2. The molecule has 4 N–H and O–H groups in total. The van der Waals surface area contributed by atoms with Crippen LogP contribution in [0.25, 0.3) is 0 Å². The van der Waals surface area contributed by atoms with Crippen molar-refractivity contribution in [1.82, 2.24) is 28.8 Å². The molecule has 0 amide bonds. The number of aromatic nitrogens is 4. The molecule has 0 saturated carbocycles. The highest BCUT2D eigenvalue weighted by Crippen LogP contribution is 2.39. The number of H-pyrrole nitrogens is 1. The third-order valence-electron chi connectivity index (χ3n) is 6.89. The van der Waals surface area contributed by atoms with Gasteiger partial charge >= 0.3 is 0 Å². The van der Waals surface area contributed by atoms with Crippen LogP contribution in [0.1, 0.15) is 37.8 Å². The molecule has 35 heavy (non-hydrogen) atoms. The van der Waals surface area contributed by atoms with Gasteiger partial charge in [-0.1, -0.05) is 6.42 Å². The van der Waals surface area contributed by atoms with Crippen LogP contribution in [0, 0.1) is 18.3 Å². The van der Waals surface area contributed by atoms with Crippen molar-refractivity contribution in [2.24, 2.45) is 5.92 Å². The van der Waals surface area contributed by atoms with Crippen LogP contribution in [0.5, 0.6) is 5.88 Å². The zero-order chi connectivity index (χ0) is 24.6. The van der Waals surface area contributed by atoms with E-state index in [0.717, 1.165) is 19.3 Å². The third kappa shape index (κ3) is 4.79. The number of nitrogens with one attached hydrogen (secondary N) is 3. The molecule has 3 aliphatic heterocycles. The van der Waals surface area contributed by atoms with Crippen molar-refractivity contribution in [3.05, 3.63) is 17.8 Å².